The number of aromatic nitrogens is 2. The van der Waals surface area contributed by atoms with Crippen molar-refractivity contribution >= 4 is 16.9 Å². The molecule has 5 rings (SSSR count). The van der Waals surface area contributed by atoms with Gasteiger partial charge < -0.3 is 29.0 Å². The van der Waals surface area contributed by atoms with Crippen LogP contribution in [0.15, 0.2) is 60.8 Å². The van der Waals surface area contributed by atoms with Crippen LogP contribution >= 0.6 is 0 Å². The molecule has 1 fully saturated rings. The second kappa shape index (κ2) is 11.3. The van der Waals surface area contributed by atoms with E-state index in [1.54, 1.807) is 12.3 Å². The van der Waals surface area contributed by atoms with Gasteiger partial charge in [0, 0.05) is 36.4 Å². The van der Waals surface area contributed by atoms with Gasteiger partial charge in [-0.2, -0.15) is 0 Å². The minimum atomic E-state index is -1.02. The van der Waals surface area contributed by atoms with E-state index in [1.807, 2.05) is 55.5 Å². The van der Waals surface area contributed by atoms with Gasteiger partial charge in [0.15, 0.2) is 0 Å². The van der Waals surface area contributed by atoms with E-state index in [4.69, 9.17) is 23.9 Å². The number of nitrogens with one attached hydrogen (secondary N) is 1. The van der Waals surface area contributed by atoms with Crippen LogP contribution in [0.4, 0.5) is 0 Å². The van der Waals surface area contributed by atoms with E-state index < -0.39 is 5.97 Å². The minimum absolute atomic E-state index is 0.118. The van der Waals surface area contributed by atoms with Crippen molar-refractivity contribution in [3.8, 4) is 28.5 Å². The average Bonchev–Trinajstić information content (AvgIpc) is 3.37. The largest absolute Gasteiger partial charge is 0.494 e. The van der Waals surface area contributed by atoms with Gasteiger partial charge in [0.05, 0.1) is 37.6 Å². The third kappa shape index (κ3) is 5.86. The molecule has 0 unspecified atom stereocenters. The number of H-pyrrole nitrogens is 1. The van der Waals surface area contributed by atoms with Crippen LogP contribution in [-0.4, -0.2) is 53.6 Å². The first-order valence-corrected chi connectivity index (χ1v) is 12.5. The van der Waals surface area contributed by atoms with Gasteiger partial charge in [0.2, 0.25) is 0 Å². The summed E-state index contributed by atoms with van der Waals surface area (Å²) in [6, 6.07) is 16.9. The molecule has 192 valence electrons. The molecule has 0 radical (unpaired) electrons. The maximum Gasteiger partial charge on any atom is 0.352 e. The van der Waals surface area contributed by atoms with Crippen molar-refractivity contribution in [3.63, 3.8) is 0 Å². The number of hydrogen-bond donors (Lipinski definition) is 2. The molecule has 2 N–H and O–H groups in total. The summed E-state index contributed by atoms with van der Waals surface area (Å²) in [4.78, 5) is 19.5. The third-order valence-electron chi connectivity index (χ3n) is 6.33. The zero-order chi connectivity index (χ0) is 25.6. The van der Waals surface area contributed by atoms with E-state index in [9.17, 15) is 9.90 Å². The Morgan fingerprint density at radius 2 is 1.84 bits per heavy atom. The monoisotopic (exact) mass is 502 g/mol. The van der Waals surface area contributed by atoms with Crippen molar-refractivity contribution in [2.45, 2.75) is 32.3 Å². The fourth-order valence-corrected chi connectivity index (χ4v) is 4.49. The van der Waals surface area contributed by atoms with Gasteiger partial charge in [-0.25, -0.2) is 4.79 Å². The lowest BCUT2D eigenvalue weighted by Gasteiger charge is -2.23. The maximum atomic E-state index is 11.7. The number of aromatic carboxylic acids is 1. The molecular formula is C29H30N2O6. The zero-order valence-corrected chi connectivity index (χ0v) is 20.7. The Kier molecular flexibility index (Phi) is 7.56. The molecule has 2 aromatic heterocycles. The molecule has 1 aliphatic heterocycles. The van der Waals surface area contributed by atoms with Gasteiger partial charge in [-0.3, -0.25) is 4.98 Å². The predicted molar refractivity (Wildman–Crippen MR) is 140 cm³/mol. The highest BCUT2D eigenvalue weighted by atomic mass is 16.5. The molecule has 37 heavy (non-hydrogen) atoms. The molecule has 0 atom stereocenters. The number of carbonyl (C=O) groups is 1. The van der Waals surface area contributed by atoms with Crippen LogP contribution in [0.5, 0.6) is 17.2 Å². The number of rotatable bonds is 10. The number of hydrogen-bond acceptors (Lipinski definition) is 6. The SMILES string of the molecule is CCOc1cccc(-c2ncc(CCOc3ccc(OC4CCOCC4)cc3)c3[nH]c(C(=O)O)cc23)c1. The van der Waals surface area contributed by atoms with E-state index in [0.29, 0.717) is 25.3 Å². The molecule has 2 aromatic carbocycles. The normalized spacial score (nSPS) is 14.0. The van der Waals surface area contributed by atoms with Gasteiger partial charge in [-0.15, -0.1) is 0 Å². The van der Waals surface area contributed by atoms with E-state index >= 15 is 0 Å². The first-order valence-electron chi connectivity index (χ1n) is 12.5. The predicted octanol–water partition coefficient (Wildman–Crippen LogP) is 5.51. The number of nitrogens with zero attached hydrogens (tertiary/aromatic N) is 1. The van der Waals surface area contributed by atoms with Crippen LogP contribution in [0, 0.1) is 0 Å². The summed E-state index contributed by atoms with van der Waals surface area (Å²) in [5, 5.41) is 10.3. The highest BCUT2D eigenvalue weighted by Gasteiger charge is 2.17. The molecule has 0 saturated carbocycles. The summed E-state index contributed by atoms with van der Waals surface area (Å²) in [5.74, 6) is 1.29. The van der Waals surface area contributed by atoms with Gasteiger partial charge in [0.25, 0.3) is 0 Å². The zero-order valence-electron chi connectivity index (χ0n) is 20.7. The van der Waals surface area contributed by atoms with Crippen LogP contribution in [-0.2, 0) is 11.2 Å². The highest BCUT2D eigenvalue weighted by Crippen LogP contribution is 2.32. The molecule has 1 aliphatic rings. The van der Waals surface area contributed by atoms with Gasteiger partial charge in [0.1, 0.15) is 29.0 Å². The van der Waals surface area contributed by atoms with E-state index in [-0.39, 0.29) is 11.8 Å². The number of pyridine rings is 1. The lowest BCUT2D eigenvalue weighted by atomic mass is 10.0. The summed E-state index contributed by atoms with van der Waals surface area (Å²) < 4.78 is 23.0. The molecule has 4 aromatic rings. The molecule has 0 amide bonds. The quantitative estimate of drug-likeness (QED) is 0.295. The highest BCUT2D eigenvalue weighted by molar-refractivity contribution is 6.00. The fraction of sp³-hybridized carbons (Fsp3) is 0.310. The Hall–Kier alpha value is -4.04. The number of ether oxygens (including phenoxy) is 4. The van der Waals surface area contributed by atoms with E-state index in [1.165, 1.54) is 0 Å². The van der Waals surface area contributed by atoms with Crippen LogP contribution in [0.1, 0.15) is 35.8 Å². The Morgan fingerprint density at radius 3 is 2.59 bits per heavy atom. The van der Waals surface area contributed by atoms with Crippen LogP contribution in [0.3, 0.4) is 0 Å². The smallest absolute Gasteiger partial charge is 0.352 e. The first kappa shape index (κ1) is 24.6. The van der Waals surface area contributed by atoms with Crippen molar-refractivity contribution in [2.24, 2.45) is 0 Å². The van der Waals surface area contributed by atoms with Crippen LogP contribution < -0.4 is 14.2 Å². The van der Waals surface area contributed by atoms with Crippen molar-refractivity contribution < 1.29 is 28.8 Å². The Bertz CT molecular complexity index is 1360. The molecule has 8 nitrogen and oxygen atoms in total. The van der Waals surface area contributed by atoms with Crippen molar-refractivity contribution in [1.29, 1.82) is 0 Å². The fourth-order valence-electron chi connectivity index (χ4n) is 4.49. The van der Waals surface area contributed by atoms with Crippen molar-refractivity contribution in [2.75, 3.05) is 26.4 Å². The molecule has 3 heterocycles. The van der Waals surface area contributed by atoms with Crippen LogP contribution in [0.25, 0.3) is 22.2 Å². The summed E-state index contributed by atoms with van der Waals surface area (Å²) in [6.45, 7) is 4.38. The number of aromatic amines is 1. The summed E-state index contributed by atoms with van der Waals surface area (Å²) in [5.41, 5.74) is 3.30. The lowest BCUT2D eigenvalue weighted by Crippen LogP contribution is -2.25. The summed E-state index contributed by atoms with van der Waals surface area (Å²) in [7, 11) is 0. The minimum Gasteiger partial charge on any atom is -0.494 e. The van der Waals surface area contributed by atoms with E-state index in [2.05, 4.69) is 4.98 Å². The number of carboxylic acid groups (broad SMARTS) is 1. The van der Waals surface area contributed by atoms with Gasteiger partial charge >= 0.3 is 5.97 Å². The second-order valence-electron chi connectivity index (χ2n) is 8.87. The van der Waals surface area contributed by atoms with Gasteiger partial charge in [-0.1, -0.05) is 12.1 Å². The molecule has 0 spiro atoms. The second-order valence-corrected chi connectivity index (χ2v) is 8.87. The lowest BCUT2D eigenvalue weighted by molar-refractivity contribution is 0.0255. The molecule has 1 saturated heterocycles. The Labute approximate surface area is 215 Å². The standard InChI is InChI=1S/C29H30N2O6/c1-2-35-24-5-3-4-19(16-24)27-25-17-26(29(32)33)31-28(25)20(18-30-27)10-15-36-21-6-8-22(9-7-21)37-23-11-13-34-14-12-23/h3-9,16-18,23,31H,2,10-15H2,1H3,(H,32,33). The van der Waals surface area contributed by atoms with Gasteiger partial charge in [-0.05, 0) is 55.0 Å². The third-order valence-corrected chi connectivity index (χ3v) is 6.33. The van der Waals surface area contributed by atoms with Crippen molar-refractivity contribution in [1.82, 2.24) is 9.97 Å². The van der Waals surface area contributed by atoms with E-state index in [0.717, 1.165) is 65.3 Å². The average molecular weight is 503 g/mol. The summed E-state index contributed by atoms with van der Waals surface area (Å²) >= 11 is 0. The molecule has 8 heteroatoms. The number of carboxylic acids is 1. The first-order chi connectivity index (χ1) is 18.1. The van der Waals surface area contributed by atoms with Crippen LogP contribution in [0.2, 0.25) is 0 Å². The molecular weight excluding hydrogens is 472 g/mol. The topological polar surface area (TPSA) is 103 Å². The Balaban J connectivity index is 1.30. The molecule has 0 bridgehead atoms. The Morgan fingerprint density at radius 1 is 1.05 bits per heavy atom. The number of fused-ring (bicyclic) bond motifs is 1. The number of benzene rings is 2. The molecule has 0 aliphatic carbocycles. The summed E-state index contributed by atoms with van der Waals surface area (Å²) in [6.07, 6.45) is 4.33. The van der Waals surface area contributed by atoms with Crippen molar-refractivity contribution in [3.05, 3.63) is 72.1 Å². The maximum absolute atomic E-state index is 11.7.